The van der Waals surface area contributed by atoms with Gasteiger partial charge in [0, 0.05) is 6.08 Å². The fourth-order valence-electron chi connectivity index (χ4n) is 0.732. The van der Waals surface area contributed by atoms with Crippen molar-refractivity contribution in [2.24, 2.45) is 0 Å². The molecule has 0 aliphatic rings. The molecule has 1 rings (SSSR count). The van der Waals surface area contributed by atoms with Gasteiger partial charge in [-0.15, -0.1) is 0 Å². The topological polar surface area (TPSA) is 37.3 Å². The zero-order valence-electron chi connectivity index (χ0n) is 8.60. The normalized spacial score (nSPS) is 9.33. The molecule has 0 unspecified atom stereocenters. The quantitative estimate of drug-likeness (QED) is 0.547. The summed E-state index contributed by atoms with van der Waals surface area (Å²) in [7, 11) is 0. The Morgan fingerprint density at radius 2 is 1.92 bits per heavy atom. The van der Waals surface area contributed by atoms with Crippen LogP contribution in [0.15, 0.2) is 36.4 Å². The molecule has 0 radical (unpaired) electrons. The number of carboxylic acid groups (broad SMARTS) is 1. The fraction of sp³-hybridized carbons (Fsp3) is 0. The van der Waals surface area contributed by atoms with Gasteiger partial charge in [-0.3, -0.25) is 0 Å². The molecule has 0 saturated heterocycles. The van der Waals surface area contributed by atoms with Crippen molar-refractivity contribution in [1.82, 2.24) is 0 Å². The molecular formula is C9H10MgO2. The van der Waals surface area contributed by atoms with E-state index in [1.807, 2.05) is 30.3 Å². The average Bonchev–Trinajstić information content (AvgIpc) is 2.03. The van der Waals surface area contributed by atoms with Crippen molar-refractivity contribution >= 4 is 35.1 Å². The Kier molecular flexibility index (Phi) is 5.41. The number of aliphatic carboxylic acids is 1. The van der Waals surface area contributed by atoms with E-state index < -0.39 is 5.97 Å². The Morgan fingerprint density at radius 1 is 1.33 bits per heavy atom. The zero-order chi connectivity index (χ0) is 8.10. The van der Waals surface area contributed by atoms with Crippen LogP contribution < -0.4 is 0 Å². The molecule has 0 spiro atoms. The van der Waals surface area contributed by atoms with E-state index in [0.717, 1.165) is 11.6 Å². The molecule has 1 aromatic carbocycles. The zero-order valence-corrected chi connectivity index (χ0v) is 8.02. The summed E-state index contributed by atoms with van der Waals surface area (Å²) in [4.78, 5) is 10.1. The van der Waals surface area contributed by atoms with Crippen molar-refractivity contribution in [2.75, 3.05) is 0 Å². The van der Waals surface area contributed by atoms with E-state index >= 15 is 0 Å². The van der Waals surface area contributed by atoms with Gasteiger partial charge in [-0.05, 0) is 11.6 Å². The van der Waals surface area contributed by atoms with Crippen LogP contribution in [-0.2, 0) is 4.79 Å². The van der Waals surface area contributed by atoms with Gasteiger partial charge in [0.25, 0.3) is 0 Å². The van der Waals surface area contributed by atoms with Crippen LogP contribution in [0.3, 0.4) is 0 Å². The SMILES string of the molecule is O=C(O)C=Cc1ccccc1.[H-].[H-].[Mg+2]. The molecule has 1 N–H and O–H groups in total. The number of hydrogen-bond donors (Lipinski definition) is 1. The van der Waals surface area contributed by atoms with Crippen molar-refractivity contribution in [3.8, 4) is 0 Å². The van der Waals surface area contributed by atoms with Crippen LogP contribution in [0, 0.1) is 0 Å². The van der Waals surface area contributed by atoms with Gasteiger partial charge >= 0.3 is 29.0 Å². The van der Waals surface area contributed by atoms with E-state index in [1.165, 1.54) is 0 Å². The minimum absolute atomic E-state index is 0. The predicted molar refractivity (Wildman–Crippen MR) is 51.1 cm³/mol. The third kappa shape index (κ3) is 4.15. The van der Waals surface area contributed by atoms with E-state index in [9.17, 15) is 4.79 Å². The van der Waals surface area contributed by atoms with Gasteiger partial charge < -0.3 is 7.96 Å². The van der Waals surface area contributed by atoms with Crippen molar-refractivity contribution in [3.63, 3.8) is 0 Å². The monoisotopic (exact) mass is 174 g/mol. The first-order chi connectivity index (χ1) is 5.29. The van der Waals surface area contributed by atoms with Crippen LogP contribution in [0.1, 0.15) is 8.42 Å². The van der Waals surface area contributed by atoms with Gasteiger partial charge in [0.1, 0.15) is 0 Å². The van der Waals surface area contributed by atoms with E-state index in [0.29, 0.717) is 0 Å². The van der Waals surface area contributed by atoms with Gasteiger partial charge in [-0.1, -0.05) is 30.3 Å². The smallest absolute Gasteiger partial charge is 1.00 e. The van der Waals surface area contributed by atoms with Crippen molar-refractivity contribution in [1.29, 1.82) is 0 Å². The molecule has 0 fully saturated rings. The van der Waals surface area contributed by atoms with Gasteiger partial charge in [0.2, 0.25) is 0 Å². The first kappa shape index (κ1) is 11.2. The van der Waals surface area contributed by atoms with Gasteiger partial charge in [0.05, 0.1) is 0 Å². The summed E-state index contributed by atoms with van der Waals surface area (Å²) in [5.41, 5.74) is 0.898. The average molecular weight is 174 g/mol. The Balaban J connectivity index is -0.000000403. The minimum Gasteiger partial charge on any atom is -1.00 e. The van der Waals surface area contributed by atoms with Crippen molar-refractivity contribution in [3.05, 3.63) is 42.0 Å². The largest absolute Gasteiger partial charge is 2.00 e. The molecule has 3 heteroatoms. The molecule has 0 aliphatic carbocycles. The molecular weight excluding hydrogens is 164 g/mol. The predicted octanol–water partition coefficient (Wildman–Crippen LogP) is 1.63. The number of carboxylic acids is 1. The summed E-state index contributed by atoms with van der Waals surface area (Å²) in [6.45, 7) is 0. The van der Waals surface area contributed by atoms with Crippen LogP contribution in [0.25, 0.3) is 6.08 Å². The van der Waals surface area contributed by atoms with E-state index in [-0.39, 0.29) is 25.9 Å². The molecule has 0 bridgehead atoms. The minimum atomic E-state index is -0.922. The molecule has 0 atom stereocenters. The first-order valence-corrected chi connectivity index (χ1v) is 3.25. The Morgan fingerprint density at radius 3 is 2.42 bits per heavy atom. The molecule has 2 nitrogen and oxygen atoms in total. The third-order valence-electron chi connectivity index (χ3n) is 1.22. The summed E-state index contributed by atoms with van der Waals surface area (Å²) >= 11 is 0. The maximum Gasteiger partial charge on any atom is 2.00 e. The number of rotatable bonds is 2. The number of carbonyl (C=O) groups is 1. The summed E-state index contributed by atoms with van der Waals surface area (Å²) < 4.78 is 0. The van der Waals surface area contributed by atoms with Crippen LogP contribution in [0.2, 0.25) is 0 Å². The Labute approximate surface area is 90.0 Å². The standard InChI is InChI=1S/C9H8O2.Mg.2H/c10-9(11)7-6-8-4-2-1-3-5-8;;;/h1-7H,(H,10,11);;;/q;+2;2*-1. The van der Waals surface area contributed by atoms with Crippen LogP contribution >= 0.6 is 0 Å². The Bertz CT molecular complexity index is 275. The van der Waals surface area contributed by atoms with E-state index in [1.54, 1.807) is 6.08 Å². The third-order valence-corrected chi connectivity index (χ3v) is 1.22. The Hall–Kier alpha value is -0.804. The fourth-order valence-corrected chi connectivity index (χ4v) is 0.732. The van der Waals surface area contributed by atoms with Crippen LogP contribution in [0.4, 0.5) is 0 Å². The summed E-state index contributed by atoms with van der Waals surface area (Å²) in [6.07, 6.45) is 2.68. The molecule has 0 amide bonds. The second-order valence-corrected chi connectivity index (χ2v) is 2.08. The van der Waals surface area contributed by atoms with Crippen LogP contribution in [0.5, 0.6) is 0 Å². The first-order valence-electron chi connectivity index (χ1n) is 3.25. The second-order valence-electron chi connectivity index (χ2n) is 2.08. The number of hydrogen-bond acceptors (Lipinski definition) is 1. The summed E-state index contributed by atoms with van der Waals surface area (Å²) in [5, 5.41) is 8.29. The van der Waals surface area contributed by atoms with Gasteiger partial charge in [-0.25, -0.2) is 4.79 Å². The molecule has 12 heavy (non-hydrogen) atoms. The number of benzene rings is 1. The molecule has 0 heterocycles. The van der Waals surface area contributed by atoms with Gasteiger partial charge in [0.15, 0.2) is 0 Å². The summed E-state index contributed by atoms with van der Waals surface area (Å²) in [5.74, 6) is -0.922. The molecule has 0 aliphatic heterocycles. The second kappa shape index (κ2) is 5.80. The maximum absolute atomic E-state index is 10.1. The van der Waals surface area contributed by atoms with E-state index in [2.05, 4.69) is 0 Å². The van der Waals surface area contributed by atoms with Gasteiger partial charge in [-0.2, -0.15) is 0 Å². The van der Waals surface area contributed by atoms with Crippen molar-refractivity contribution in [2.45, 2.75) is 0 Å². The van der Waals surface area contributed by atoms with Crippen LogP contribution in [-0.4, -0.2) is 34.1 Å². The summed E-state index contributed by atoms with van der Waals surface area (Å²) in [6, 6.07) is 9.31. The molecule has 0 aromatic heterocycles. The maximum atomic E-state index is 10.1. The molecule has 1 aromatic rings. The van der Waals surface area contributed by atoms with E-state index in [4.69, 9.17) is 5.11 Å². The molecule has 60 valence electrons. The molecule has 0 saturated carbocycles. The van der Waals surface area contributed by atoms with Crippen molar-refractivity contribution < 1.29 is 12.8 Å².